The van der Waals surface area contributed by atoms with E-state index in [0.717, 1.165) is 0 Å². The summed E-state index contributed by atoms with van der Waals surface area (Å²) >= 11 is 2.90. The van der Waals surface area contributed by atoms with Gasteiger partial charge in [-0.05, 0) is 15.9 Å². The van der Waals surface area contributed by atoms with Crippen molar-refractivity contribution in [2.24, 2.45) is 0 Å². The summed E-state index contributed by atoms with van der Waals surface area (Å²) in [5.74, 6) is -1.36. The Morgan fingerprint density at radius 2 is 2.36 bits per heavy atom. The number of aldehydes is 1. The van der Waals surface area contributed by atoms with Crippen LogP contribution < -0.4 is 0 Å². The van der Waals surface area contributed by atoms with Crippen molar-refractivity contribution < 1.29 is 19.1 Å². The smallest absolute Gasteiger partial charge is 0.339 e. The fourth-order valence-electron chi connectivity index (χ4n) is 0.629. The fourth-order valence-corrected chi connectivity index (χ4v) is 1.03. The SMILES string of the molecule is O=Cc1oc(Br)cc1C(=O)O. The Hall–Kier alpha value is -1.10. The molecule has 0 aliphatic rings. The Bertz CT molecular complexity index is 302. The first kappa shape index (κ1) is 8.00. The lowest BCUT2D eigenvalue weighted by Crippen LogP contribution is -1.97. The summed E-state index contributed by atoms with van der Waals surface area (Å²) < 4.78 is 4.93. The van der Waals surface area contributed by atoms with E-state index in [9.17, 15) is 9.59 Å². The van der Waals surface area contributed by atoms with Crippen molar-refractivity contribution in [1.29, 1.82) is 0 Å². The van der Waals surface area contributed by atoms with Crippen LogP contribution in [0.2, 0.25) is 0 Å². The van der Waals surface area contributed by atoms with Crippen molar-refractivity contribution in [3.63, 3.8) is 0 Å². The van der Waals surface area contributed by atoms with Crippen LogP contribution in [0.25, 0.3) is 0 Å². The zero-order valence-corrected chi connectivity index (χ0v) is 6.79. The number of hydrogen-bond acceptors (Lipinski definition) is 3. The molecule has 5 heteroatoms. The predicted molar refractivity (Wildman–Crippen MR) is 38.8 cm³/mol. The van der Waals surface area contributed by atoms with Gasteiger partial charge in [-0.25, -0.2) is 4.79 Å². The molecule has 0 spiro atoms. The molecule has 11 heavy (non-hydrogen) atoms. The number of rotatable bonds is 2. The first-order chi connectivity index (χ1) is 5.15. The minimum atomic E-state index is -1.18. The zero-order chi connectivity index (χ0) is 8.43. The van der Waals surface area contributed by atoms with E-state index < -0.39 is 5.97 Å². The zero-order valence-electron chi connectivity index (χ0n) is 5.20. The van der Waals surface area contributed by atoms with Crippen LogP contribution in [0.4, 0.5) is 0 Å². The third kappa shape index (κ3) is 1.48. The molecule has 0 radical (unpaired) electrons. The van der Waals surface area contributed by atoms with Crippen molar-refractivity contribution in [2.75, 3.05) is 0 Å². The summed E-state index contributed by atoms with van der Waals surface area (Å²) in [6.45, 7) is 0. The van der Waals surface area contributed by atoms with Crippen molar-refractivity contribution in [1.82, 2.24) is 0 Å². The van der Waals surface area contributed by atoms with E-state index in [2.05, 4.69) is 15.9 Å². The first-order valence-corrected chi connectivity index (χ1v) is 3.42. The Labute approximate surface area is 69.9 Å². The number of carboxylic acid groups (broad SMARTS) is 1. The molecule has 0 fully saturated rings. The second-order valence-corrected chi connectivity index (χ2v) is 2.53. The summed E-state index contributed by atoms with van der Waals surface area (Å²) in [6, 6.07) is 1.23. The number of halogens is 1. The van der Waals surface area contributed by atoms with Crippen molar-refractivity contribution in [3.8, 4) is 0 Å². The first-order valence-electron chi connectivity index (χ1n) is 2.63. The van der Waals surface area contributed by atoms with Gasteiger partial charge in [0.05, 0.1) is 0 Å². The largest absolute Gasteiger partial charge is 0.478 e. The van der Waals surface area contributed by atoms with Crippen LogP contribution in [0, 0.1) is 0 Å². The lowest BCUT2D eigenvalue weighted by Gasteiger charge is -1.84. The monoisotopic (exact) mass is 218 g/mol. The summed E-state index contributed by atoms with van der Waals surface area (Å²) in [7, 11) is 0. The van der Waals surface area contributed by atoms with E-state index in [0.29, 0.717) is 6.29 Å². The molecule has 0 saturated heterocycles. The van der Waals surface area contributed by atoms with Gasteiger partial charge >= 0.3 is 5.97 Å². The van der Waals surface area contributed by atoms with E-state index in [4.69, 9.17) is 9.52 Å². The average molecular weight is 219 g/mol. The molecule has 1 N–H and O–H groups in total. The summed E-state index contributed by atoms with van der Waals surface area (Å²) in [5.41, 5.74) is -0.133. The number of furan rings is 1. The predicted octanol–water partition coefficient (Wildman–Crippen LogP) is 1.55. The lowest BCUT2D eigenvalue weighted by molar-refractivity contribution is 0.0692. The van der Waals surface area contributed by atoms with Gasteiger partial charge < -0.3 is 9.52 Å². The highest BCUT2D eigenvalue weighted by atomic mass is 79.9. The van der Waals surface area contributed by atoms with Gasteiger partial charge in [0.15, 0.2) is 16.7 Å². The normalized spacial score (nSPS) is 9.55. The van der Waals surface area contributed by atoms with Crippen molar-refractivity contribution in [2.45, 2.75) is 0 Å². The third-order valence-corrected chi connectivity index (χ3v) is 1.46. The van der Waals surface area contributed by atoms with Gasteiger partial charge in [-0.3, -0.25) is 4.79 Å². The average Bonchev–Trinajstić information content (AvgIpc) is 2.30. The van der Waals surface area contributed by atoms with E-state index in [-0.39, 0.29) is 16.0 Å². The Morgan fingerprint density at radius 1 is 1.73 bits per heavy atom. The van der Waals surface area contributed by atoms with E-state index in [1.165, 1.54) is 6.07 Å². The molecule has 4 nitrogen and oxygen atoms in total. The summed E-state index contributed by atoms with van der Waals surface area (Å²) in [6.07, 6.45) is 0.355. The molecule has 0 aliphatic carbocycles. The van der Waals surface area contributed by atoms with Crippen LogP contribution in [0.15, 0.2) is 15.2 Å². The Kier molecular flexibility index (Phi) is 2.09. The molecule has 1 heterocycles. The molecule has 0 saturated carbocycles. The second kappa shape index (κ2) is 2.87. The van der Waals surface area contributed by atoms with Crippen LogP contribution in [0.3, 0.4) is 0 Å². The van der Waals surface area contributed by atoms with Gasteiger partial charge in [-0.1, -0.05) is 0 Å². The number of carbonyl (C=O) groups is 2. The minimum absolute atomic E-state index is 0.133. The van der Waals surface area contributed by atoms with Gasteiger partial charge in [0, 0.05) is 6.07 Å². The molecule has 0 unspecified atom stereocenters. The van der Waals surface area contributed by atoms with Gasteiger partial charge in [0.2, 0.25) is 0 Å². The number of hydrogen-bond donors (Lipinski definition) is 1. The molecule has 58 valence electrons. The van der Waals surface area contributed by atoms with Crippen molar-refractivity contribution >= 4 is 28.2 Å². The maximum Gasteiger partial charge on any atom is 0.339 e. The fraction of sp³-hybridized carbons (Fsp3) is 0. The number of carbonyl (C=O) groups excluding carboxylic acids is 1. The van der Waals surface area contributed by atoms with Gasteiger partial charge in [-0.15, -0.1) is 0 Å². The van der Waals surface area contributed by atoms with E-state index in [1.807, 2.05) is 0 Å². The highest BCUT2D eigenvalue weighted by Gasteiger charge is 2.14. The third-order valence-electron chi connectivity index (χ3n) is 1.07. The van der Waals surface area contributed by atoms with Crippen LogP contribution >= 0.6 is 15.9 Å². The van der Waals surface area contributed by atoms with Gasteiger partial charge in [-0.2, -0.15) is 0 Å². The molecule has 0 atom stereocenters. The maximum absolute atomic E-state index is 10.4. The highest BCUT2D eigenvalue weighted by molar-refractivity contribution is 9.10. The number of carboxylic acids is 1. The molecular formula is C6H3BrO4. The molecular weight excluding hydrogens is 216 g/mol. The summed E-state index contributed by atoms with van der Waals surface area (Å²) in [5, 5.41) is 8.47. The molecule has 1 aromatic heterocycles. The quantitative estimate of drug-likeness (QED) is 0.766. The van der Waals surface area contributed by atoms with Gasteiger partial charge in [0.25, 0.3) is 0 Å². The Balaban J connectivity index is 3.22. The van der Waals surface area contributed by atoms with Crippen molar-refractivity contribution in [3.05, 3.63) is 22.1 Å². The standard InChI is InChI=1S/C6H3BrO4/c7-5-1-3(6(9)10)4(2-8)11-5/h1-2H,(H,9,10). The van der Waals surface area contributed by atoms with Crippen LogP contribution in [0.1, 0.15) is 20.9 Å². The van der Waals surface area contributed by atoms with E-state index >= 15 is 0 Å². The lowest BCUT2D eigenvalue weighted by atomic mass is 10.3. The molecule has 0 aromatic carbocycles. The van der Waals surface area contributed by atoms with Crippen LogP contribution in [-0.2, 0) is 0 Å². The van der Waals surface area contributed by atoms with Crippen LogP contribution in [0.5, 0.6) is 0 Å². The number of aromatic carboxylic acids is 1. The molecule has 1 aromatic rings. The molecule has 0 bridgehead atoms. The second-order valence-electron chi connectivity index (χ2n) is 1.75. The molecule has 0 amide bonds. The van der Waals surface area contributed by atoms with Gasteiger partial charge in [0.1, 0.15) is 5.56 Å². The highest BCUT2D eigenvalue weighted by Crippen LogP contribution is 2.18. The Morgan fingerprint density at radius 3 is 2.73 bits per heavy atom. The molecule has 1 rings (SSSR count). The molecule has 0 aliphatic heterocycles. The maximum atomic E-state index is 10.4. The van der Waals surface area contributed by atoms with E-state index in [1.54, 1.807) is 0 Å². The van der Waals surface area contributed by atoms with Crippen LogP contribution in [-0.4, -0.2) is 17.4 Å². The topological polar surface area (TPSA) is 67.5 Å². The summed E-state index contributed by atoms with van der Waals surface area (Å²) in [4.78, 5) is 20.5. The minimum Gasteiger partial charge on any atom is -0.478 e.